The molecule has 0 spiro atoms. The fourth-order valence-corrected chi connectivity index (χ4v) is 2.32. The van der Waals surface area contributed by atoms with E-state index in [9.17, 15) is 9.59 Å². The van der Waals surface area contributed by atoms with Gasteiger partial charge in [-0.1, -0.05) is 47.5 Å². The molecule has 0 radical (unpaired) electrons. The SMILES string of the molecule is Cc1ccc(Cc2nnc(NNC(=O)c3ccc(C)cc3)[nH]c2=O)cc1. The highest BCUT2D eigenvalue weighted by atomic mass is 16.2. The smallest absolute Gasteiger partial charge is 0.274 e. The van der Waals surface area contributed by atoms with Crippen LogP contribution in [-0.4, -0.2) is 21.1 Å². The summed E-state index contributed by atoms with van der Waals surface area (Å²) in [6, 6.07) is 15.0. The summed E-state index contributed by atoms with van der Waals surface area (Å²) in [5.41, 5.74) is 8.68. The van der Waals surface area contributed by atoms with Gasteiger partial charge in [-0.05, 0) is 31.5 Å². The first-order chi connectivity index (χ1) is 12.5. The van der Waals surface area contributed by atoms with Crippen LogP contribution in [0, 0.1) is 13.8 Å². The quantitative estimate of drug-likeness (QED) is 0.613. The van der Waals surface area contributed by atoms with Gasteiger partial charge in [0.2, 0.25) is 5.95 Å². The highest BCUT2D eigenvalue weighted by molar-refractivity contribution is 5.94. The van der Waals surface area contributed by atoms with Crippen molar-refractivity contribution in [3.05, 3.63) is 86.8 Å². The first kappa shape index (κ1) is 17.3. The summed E-state index contributed by atoms with van der Waals surface area (Å²) in [5, 5.41) is 7.85. The van der Waals surface area contributed by atoms with Gasteiger partial charge in [0.1, 0.15) is 5.69 Å². The molecule has 0 atom stereocenters. The van der Waals surface area contributed by atoms with Crippen LogP contribution in [-0.2, 0) is 6.42 Å². The van der Waals surface area contributed by atoms with Gasteiger partial charge in [-0.2, -0.15) is 0 Å². The number of aromatic amines is 1. The number of benzene rings is 2. The molecule has 2 aromatic carbocycles. The normalized spacial score (nSPS) is 10.4. The summed E-state index contributed by atoms with van der Waals surface area (Å²) in [6.45, 7) is 3.94. The van der Waals surface area contributed by atoms with Crippen LogP contribution in [0.4, 0.5) is 5.95 Å². The van der Waals surface area contributed by atoms with Gasteiger partial charge >= 0.3 is 0 Å². The van der Waals surface area contributed by atoms with Crippen molar-refractivity contribution in [2.45, 2.75) is 20.3 Å². The Bertz CT molecular complexity index is 962. The molecule has 0 aliphatic rings. The predicted molar refractivity (Wildman–Crippen MR) is 98.9 cm³/mol. The van der Waals surface area contributed by atoms with Gasteiger partial charge in [0.05, 0.1) is 0 Å². The summed E-state index contributed by atoms with van der Waals surface area (Å²) in [7, 11) is 0. The summed E-state index contributed by atoms with van der Waals surface area (Å²) >= 11 is 0. The third-order valence-corrected chi connectivity index (χ3v) is 3.87. The Labute approximate surface area is 150 Å². The zero-order chi connectivity index (χ0) is 18.5. The average Bonchev–Trinajstić information content (AvgIpc) is 2.64. The maximum atomic E-state index is 12.2. The Morgan fingerprint density at radius 1 is 0.962 bits per heavy atom. The topological polar surface area (TPSA) is 99.8 Å². The number of nitrogens with one attached hydrogen (secondary N) is 3. The second kappa shape index (κ2) is 7.60. The number of aryl methyl sites for hydroxylation is 2. The van der Waals surface area contributed by atoms with E-state index in [4.69, 9.17) is 0 Å². The molecule has 1 aromatic heterocycles. The number of rotatable bonds is 5. The maximum Gasteiger partial charge on any atom is 0.274 e. The van der Waals surface area contributed by atoms with E-state index in [1.165, 1.54) is 0 Å². The Hall–Kier alpha value is -3.48. The molecule has 0 fully saturated rings. The van der Waals surface area contributed by atoms with Crippen LogP contribution in [0.1, 0.15) is 32.7 Å². The molecule has 0 saturated carbocycles. The number of carbonyl (C=O) groups excluding carboxylic acids is 1. The number of hydrogen-bond donors (Lipinski definition) is 3. The van der Waals surface area contributed by atoms with Gasteiger partial charge in [0, 0.05) is 12.0 Å². The van der Waals surface area contributed by atoms with Gasteiger partial charge < -0.3 is 0 Å². The van der Waals surface area contributed by atoms with Crippen molar-refractivity contribution >= 4 is 11.9 Å². The van der Waals surface area contributed by atoms with Gasteiger partial charge in [-0.15, -0.1) is 10.2 Å². The molecule has 7 heteroatoms. The standard InChI is InChI=1S/C19H19N5O2/c1-12-3-7-14(8-4-12)11-16-18(26)20-19(23-21-16)24-22-17(25)15-9-5-13(2)6-10-15/h3-10H,11H2,1-2H3,(H,22,25)(H2,20,23,24,26). The lowest BCUT2D eigenvalue weighted by Gasteiger charge is -2.08. The largest absolute Gasteiger partial charge is 0.288 e. The van der Waals surface area contributed by atoms with Crippen LogP contribution in [0.5, 0.6) is 0 Å². The fraction of sp³-hybridized carbons (Fsp3) is 0.158. The number of amides is 1. The number of anilines is 1. The molecule has 0 bridgehead atoms. The van der Waals surface area contributed by atoms with Crippen LogP contribution in [0.25, 0.3) is 0 Å². The molecule has 3 aromatic rings. The fourth-order valence-electron chi connectivity index (χ4n) is 2.32. The molecule has 7 nitrogen and oxygen atoms in total. The van der Waals surface area contributed by atoms with E-state index in [-0.39, 0.29) is 17.4 Å². The molecule has 0 aliphatic heterocycles. The Kier molecular flexibility index (Phi) is 5.07. The first-order valence-electron chi connectivity index (χ1n) is 8.16. The Morgan fingerprint density at radius 2 is 1.58 bits per heavy atom. The van der Waals surface area contributed by atoms with Crippen LogP contribution >= 0.6 is 0 Å². The molecular weight excluding hydrogens is 330 g/mol. The van der Waals surface area contributed by atoms with E-state index in [1.807, 2.05) is 50.2 Å². The molecule has 1 heterocycles. The van der Waals surface area contributed by atoms with E-state index in [1.54, 1.807) is 12.1 Å². The second-order valence-electron chi connectivity index (χ2n) is 6.06. The van der Waals surface area contributed by atoms with Gasteiger partial charge in [0.15, 0.2) is 0 Å². The molecule has 0 aliphatic carbocycles. The lowest BCUT2D eigenvalue weighted by atomic mass is 10.1. The number of H-pyrrole nitrogens is 1. The van der Waals surface area contributed by atoms with Crippen molar-refractivity contribution < 1.29 is 4.79 Å². The minimum absolute atomic E-state index is 0.0723. The van der Waals surface area contributed by atoms with E-state index < -0.39 is 0 Å². The van der Waals surface area contributed by atoms with Crippen LogP contribution in [0.3, 0.4) is 0 Å². The molecule has 0 saturated heterocycles. The third kappa shape index (κ3) is 4.32. The highest BCUT2D eigenvalue weighted by Crippen LogP contribution is 2.06. The number of hydrogen-bond acceptors (Lipinski definition) is 5. The highest BCUT2D eigenvalue weighted by Gasteiger charge is 2.08. The van der Waals surface area contributed by atoms with Crippen molar-refractivity contribution in [2.75, 3.05) is 5.43 Å². The summed E-state index contributed by atoms with van der Waals surface area (Å²) in [5.74, 6) is -0.264. The summed E-state index contributed by atoms with van der Waals surface area (Å²) in [4.78, 5) is 26.8. The van der Waals surface area contributed by atoms with Crippen molar-refractivity contribution in [3.8, 4) is 0 Å². The average molecular weight is 349 g/mol. The molecule has 26 heavy (non-hydrogen) atoms. The van der Waals surface area contributed by atoms with E-state index in [0.29, 0.717) is 17.7 Å². The Morgan fingerprint density at radius 3 is 2.19 bits per heavy atom. The van der Waals surface area contributed by atoms with Crippen molar-refractivity contribution in [1.29, 1.82) is 0 Å². The Balaban J connectivity index is 1.63. The van der Waals surface area contributed by atoms with Crippen molar-refractivity contribution in [3.63, 3.8) is 0 Å². The minimum Gasteiger partial charge on any atom is -0.288 e. The second-order valence-corrected chi connectivity index (χ2v) is 6.06. The molecule has 3 rings (SSSR count). The minimum atomic E-state index is -0.354. The van der Waals surface area contributed by atoms with Crippen LogP contribution < -0.4 is 16.4 Å². The molecule has 3 N–H and O–H groups in total. The first-order valence-corrected chi connectivity index (χ1v) is 8.16. The summed E-state index contributed by atoms with van der Waals surface area (Å²) < 4.78 is 0. The zero-order valence-electron chi connectivity index (χ0n) is 14.5. The van der Waals surface area contributed by atoms with E-state index >= 15 is 0 Å². The van der Waals surface area contributed by atoms with Gasteiger partial charge in [0.25, 0.3) is 11.5 Å². The summed E-state index contributed by atoms with van der Waals surface area (Å²) in [6.07, 6.45) is 0.388. The van der Waals surface area contributed by atoms with Crippen LogP contribution in [0.15, 0.2) is 53.3 Å². The molecular formula is C19H19N5O2. The predicted octanol–water partition coefficient (Wildman–Crippen LogP) is 2.13. The monoisotopic (exact) mass is 349 g/mol. The molecule has 0 unspecified atom stereocenters. The van der Waals surface area contributed by atoms with Crippen LogP contribution in [0.2, 0.25) is 0 Å². The van der Waals surface area contributed by atoms with E-state index in [0.717, 1.165) is 16.7 Å². The lowest BCUT2D eigenvalue weighted by Crippen LogP contribution is -2.32. The van der Waals surface area contributed by atoms with Gasteiger partial charge in [-0.3, -0.25) is 25.4 Å². The molecule has 1 amide bonds. The van der Waals surface area contributed by atoms with Gasteiger partial charge in [-0.25, -0.2) is 0 Å². The maximum absolute atomic E-state index is 12.2. The van der Waals surface area contributed by atoms with Crippen molar-refractivity contribution in [1.82, 2.24) is 20.6 Å². The number of carbonyl (C=O) groups is 1. The number of aromatic nitrogens is 3. The molecule has 132 valence electrons. The lowest BCUT2D eigenvalue weighted by molar-refractivity contribution is 0.0962. The number of nitrogens with zero attached hydrogens (tertiary/aromatic N) is 2. The van der Waals surface area contributed by atoms with E-state index in [2.05, 4.69) is 26.0 Å². The number of hydrazine groups is 1. The third-order valence-electron chi connectivity index (χ3n) is 3.87. The zero-order valence-corrected chi connectivity index (χ0v) is 14.5. The van der Waals surface area contributed by atoms with Crippen molar-refractivity contribution in [2.24, 2.45) is 0 Å².